The van der Waals surface area contributed by atoms with Gasteiger partial charge in [-0.05, 0) is 17.7 Å². The molecule has 8 heteroatoms. The molecule has 0 fully saturated rings. The minimum absolute atomic E-state index is 0.0452. The summed E-state index contributed by atoms with van der Waals surface area (Å²) in [6, 6.07) is 7.16. The van der Waals surface area contributed by atoms with Crippen LogP contribution in [0.1, 0.15) is 26.6 Å². The minimum atomic E-state index is -3.13. The van der Waals surface area contributed by atoms with Crippen molar-refractivity contribution >= 4 is 27.1 Å². The first-order valence-corrected chi connectivity index (χ1v) is 10.0. The van der Waals surface area contributed by atoms with Crippen molar-refractivity contribution in [3.8, 4) is 0 Å². The maximum absolute atomic E-state index is 12.1. The Morgan fingerprint density at radius 3 is 2.65 bits per heavy atom. The van der Waals surface area contributed by atoms with Crippen LogP contribution in [-0.2, 0) is 28.6 Å². The van der Waals surface area contributed by atoms with Crippen LogP contribution in [0, 0.1) is 0 Å². The van der Waals surface area contributed by atoms with Crippen molar-refractivity contribution in [1.29, 1.82) is 0 Å². The summed E-state index contributed by atoms with van der Waals surface area (Å²) in [7, 11) is -3.13. The standard InChI is InChI=1S/C15H19N3O3S2/c1-23(20,21)10-12-5-3-2-4-11(12)8-17-15(19)13-9-22-14(18-13)6-7-16/h2-5,9H,6-8,10,16H2,1H3,(H,17,19). The number of benzene rings is 1. The molecule has 0 aliphatic heterocycles. The average molecular weight is 353 g/mol. The van der Waals surface area contributed by atoms with Crippen molar-refractivity contribution in [1.82, 2.24) is 10.3 Å². The quantitative estimate of drug-likeness (QED) is 0.776. The molecule has 0 spiro atoms. The van der Waals surface area contributed by atoms with Gasteiger partial charge in [-0.15, -0.1) is 11.3 Å². The number of aromatic nitrogens is 1. The Bertz CT molecular complexity index is 785. The summed E-state index contributed by atoms with van der Waals surface area (Å²) in [5.41, 5.74) is 7.30. The molecular formula is C15H19N3O3S2. The highest BCUT2D eigenvalue weighted by Gasteiger charge is 2.13. The van der Waals surface area contributed by atoms with Crippen molar-refractivity contribution < 1.29 is 13.2 Å². The average Bonchev–Trinajstić information content (AvgIpc) is 2.93. The topological polar surface area (TPSA) is 102 Å². The van der Waals surface area contributed by atoms with Gasteiger partial charge in [-0.1, -0.05) is 24.3 Å². The number of carbonyl (C=O) groups excluding carboxylic acids is 1. The van der Waals surface area contributed by atoms with Gasteiger partial charge >= 0.3 is 0 Å². The fourth-order valence-corrected chi connectivity index (χ4v) is 3.71. The highest BCUT2D eigenvalue weighted by Crippen LogP contribution is 2.13. The Labute approximate surface area is 139 Å². The molecule has 0 bridgehead atoms. The van der Waals surface area contributed by atoms with Gasteiger partial charge in [0.05, 0.1) is 10.8 Å². The zero-order chi connectivity index (χ0) is 16.9. The van der Waals surface area contributed by atoms with Gasteiger partial charge in [0.25, 0.3) is 5.91 Å². The lowest BCUT2D eigenvalue weighted by atomic mass is 10.1. The van der Waals surface area contributed by atoms with Crippen LogP contribution < -0.4 is 11.1 Å². The lowest BCUT2D eigenvalue weighted by molar-refractivity contribution is 0.0946. The number of thiazole rings is 1. The van der Waals surface area contributed by atoms with E-state index < -0.39 is 9.84 Å². The number of amides is 1. The lowest BCUT2D eigenvalue weighted by Gasteiger charge is -2.09. The molecule has 0 aliphatic rings. The maximum atomic E-state index is 12.1. The van der Waals surface area contributed by atoms with Gasteiger partial charge in [0.1, 0.15) is 5.69 Å². The lowest BCUT2D eigenvalue weighted by Crippen LogP contribution is -2.24. The van der Waals surface area contributed by atoms with Crippen LogP contribution in [0.15, 0.2) is 29.6 Å². The van der Waals surface area contributed by atoms with Gasteiger partial charge in [-0.25, -0.2) is 13.4 Å². The van der Waals surface area contributed by atoms with Crippen molar-refractivity contribution in [3.05, 3.63) is 51.5 Å². The van der Waals surface area contributed by atoms with Crippen molar-refractivity contribution in [2.45, 2.75) is 18.7 Å². The van der Waals surface area contributed by atoms with Crippen LogP contribution in [0.5, 0.6) is 0 Å². The summed E-state index contributed by atoms with van der Waals surface area (Å²) >= 11 is 1.40. The van der Waals surface area contributed by atoms with Crippen LogP contribution >= 0.6 is 11.3 Å². The monoisotopic (exact) mass is 353 g/mol. The largest absolute Gasteiger partial charge is 0.347 e. The molecule has 0 atom stereocenters. The molecule has 6 nitrogen and oxygen atoms in total. The molecule has 0 radical (unpaired) electrons. The number of carbonyl (C=O) groups is 1. The second-order valence-corrected chi connectivity index (χ2v) is 8.27. The van der Waals surface area contributed by atoms with Crippen LogP contribution in [0.25, 0.3) is 0 Å². The third-order valence-corrected chi connectivity index (χ3v) is 4.86. The van der Waals surface area contributed by atoms with E-state index in [1.165, 1.54) is 17.6 Å². The second-order valence-electron chi connectivity index (χ2n) is 5.19. The smallest absolute Gasteiger partial charge is 0.271 e. The van der Waals surface area contributed by atoms with E-state index in [1.807, 2.05) is 12.1 Å². The van der Waals surface area contributed by atoms with Gasteiger partial charge in [0, 0.05) is 24.6 Å². The van der Waals surface area contributed by atoms with Crippen molar-refractivity contribution in [3.63, 3.8) is 0 Å². The third kappa shape index (κ3) is 5.42. The molecule has 1 heterocycles. The van der Waals surface area contributed by atoms with E-state index in [2.05, 4.69) is 10.3 Å². The Morgan fingerprint density at radius 2 is 2.00 bits per heavy atom. The molecule has 2 aromatic rings. The predicted octanol–water partition coefficient (Wildman–Crippen LogP) is 1.12. The highest BCUT2D eigenvalue weighted by molar-refractivity contribution is 7.89. The van der Waals surface area contributed by atoms with Crippen LogP contribution in [-0.4, -0.2) is 32.1 Å². The van der Waals surface area contributed by atoms with Gasteiger partial charge < -0.3 is 11.1 Å². The molecule has 124 valence electrons. The first kappa shape index (κ1) is 17.6. The summed E-state index contributed by atoms with van der Waals surface area (Å²) in [4.78, 5) is 16.3. The van der Waals surface area contributed by atoms with Crippen LogP contribution in [0.3, 0.4) is 0 Å². The second kappa shape index (κ2) is 7.67. The first-order valence-electron chi connectivity index (χ1n) is 7.06. The summed E-state index contributed by atoms with van der Waals surface area (Å²) in [6.07, 6.45) is 1.84. The van der Waals surface area contributed by atoms with Gasteiger partial charge in [0.15, 0.2) is 9.84 Å². The number of rotatable bonds is 7. The van der Waals surface area contributed by atoms with E-state index in [0.717, 1.165) is 10.6 Å². The van der Waals surface area contributed by atoms with Gasteiger partial charge in [-0.3, -0.25) is 4.79 Å². The zero-order valence-corrected chi connectivity index (χ0v) is 14.4. The molecule has 1 aromatic carbocycles. The van der Waals surface area contributed by atoms with E-state index >= 15 is 0 Å². The number of nitrogens with one attached hydrogen (secondary N) is 1. The van der Waals surface area contributed by atoms with Crippen molar-refractivity contribution in [2.24, 2.45) is 5.73 Å². The maximum Gasteiger partial charge on any atom is 0.271 e. The first-order chi connectivity index (χ1) is 10.9. The third-order valence-electron chi connectivity index (χ3n) is 3.12. The van der Waals surface area contributed by atoms with Gasteiger partial charge in [-0.2, -0.15) is 0 Å². The SMILES string of the molecule is CS(=O)(=O)Cc1ccccc1CNC(=O)c1csc(CCN)n1. The predicted molar refractivity (Wildman–Crippen MR) is 91.0 cm³/mol. The van der Waals surface area contributed by atoms with Crippen molar-refractivity contribution in [2.75, 3.05) is 12.8 Å². The molecular weight excluding hydrogens is 334 g/mol. The molecule has 0 saturated heterocycles. The number of hydrogen-bond donors (Lipinski definition) is 2. The number of sulfone groups is 1. The summed E-state index contributed by atoms with van der Waals surface area (Å²) in [6.45, 7) is 0.752. The molecule has 0 saturated carbocycles. The molecule has 3 N–H and O–H groups in total. The number of nitrogens with zero attached hydrogens (tertiary/aromatic N) is 1. The summed E-state index contributed by atoms with van der Waals surface area (Å²) in [5.74, 6) is -0.324. The van der Waals surface area contributed by atoms with E-state index in [9.17, 15) is 13.2 Å². The van der Waals surface area contributed by atoms with E-state index in [1.54, 1.807) is 17.5 Å². The molecule has 2 rings (SSSR count). The van der Waals surface area contributed by atoms with E-state index in [0.29, 0.717) is 24.2 Å². The minimum Gasteiger partial charge on any atom is -0.347 e. The summed E-state index contributed by atoms with van der Waals surface area (Å²) < 4.78 is 22.9. The fraction of sp³-hybridized carbons (Fsp3) is 0.333. The molecule has 1 aromatic heterocycles. The summed E-state index contributed by atoms with van der Waals surface area (Å²) in [5, 5.41) is 5.30. The Morgan fingerprint density at radius 1 is 1.30 bits per heavy atom. The Kier molecular flexibility index (Phi) is 5.86. The highest BCUT2D eigenvalue weighted by atomic mass is 32.2. The Hall–Kier alpha value is -1.77. The van der Waals surface area contributed by atoms with Gasteiger partial charge in [0.2, 0.25) is 0 Å². The number of nitrogens with two attached hydrogens (primary N) is 1. The molecule has 0 aliphatic carbocycles. The number of hydrogen-bond acceptors (Lipinski definition) is 6. The molecule has 23 heavy (non-hydrogen) atoms. The molecule has 0 unspecified atom stereocenters. The van der Waals surface area contributed by atoms with E-state index in [-0.39, 0.29) is 18.2 Å². The van der Waals surface area contributed by atoms with Crippen LogP contribution in [0.2, 0.25) is 0 Å². The zero-order valence-electron chi connectivity index (χ0n) is 12.8. The van der Waals surface area contributed by atoms with Crippen LogP contribution in [0.4, 0.5) is 0 Å². The Balaban J connectivity index is 2.04. The fourth-order valence-electron chi connectivity index (χ4n) is 2.07. The molecule has 1 amide bonds. The normalized spacial score (nSPS) is 11.4. The van der Waals surface area contributed by atoms with E-state index in [4.69, 9.17) is 5.73 Å².